The highest BCUT2D eigenvalue weighted by atomic mass is 79.9. The monoisotopic (exact) mass is 336 g/mol. The lowest BCUT2D eigenvalue weighted by Crippen LogP contribution is -2.26. The third-order valence-electron chi connectivity index (χ3n) is 3.04. The quantitative estimate of drug-likeness (QED) is 0.835. The Bertz CT molecular complexity index is 578. The van der Waals surface area contributed by atoms with E-state index in [4.69, 9.17) is 4.42 Å². The van der Waals surface area contributed by atoms with E-state index in [0.29, 0.717) is 12.2 Å². The van der Waals surface area contributed by atoms with Crippen LogP contribution in [0, 0.1) is 6.92 Å². The minimum absolute atomic E-state index is 0.0584. The molecule has 0 radical (unpaired) electrons. The third kappa shape index (κ3) is 3.93. The molecule has 106 valence electrons. The van der Waals surface area contributed by atoms with Crippen molar-refractivity contribution in [1.29, 1.82) is 0 Å². The summed E-state index contributed by atoms with van der Waals surface area (Å²) >= 11 is 3.33. The Balaban J connectivity index is 1.83. The van der Waals surface area contributed by atoms with Crippen molar-refractivity contribution < 1.29 is 9.21 Å². The van der Waals surface area contributed by atoms with Crippen LogP contribution in [-0.2, 0) is 11.2 Å². The lowest BCUT2D eigenvalue weighted by Gasteiger charge is -2.15. The van der Waals surface area contributed by atoms with Crippen molar-refractivity contribution in [3.05, 3.63) is 46.5 Å². The van der Waals surface area contributed by atoms with Gasteiger partial charge in [-0.2, -0.15) is 0 Å². The maximum Gasteiger partial charge on any atom is 0.227 e. The molecule has 20 heavy (non-hydrogen) atoms. The van der Waals surface area contributed by atoms with E-state index in [1.807, 2.05) is 31.2 Å². The highest BCUT2D eigenvalue weighted by Crippen LogP contribution is 2.15. The van der Waals surface area contributed by atoms with E-state index >= 15 is 0 Å². The van der Waals surface area contributed by atoms with Crippen molar-refractivity contribution in [3.8, 4) is 0 Å². The Hall–Kier alpha value is -1.62. The number of hydrogen-bond donors (Lipinski definition) is 0. The van der Waals surface area contributed by atoms with Gasteiger partial charge in [0.15, 0.2) is 0 Å². The third-order valence-corrected chi connectivity index (χ3v) is 3.51. The molecule has 0 atom stereocenters. The van der Waals surface area contributed by atoms with Crippen molar-refractivity contribution in [1.82, 2.24) is 4.98 Å². The van der Waals surface area contributed by atoms with Gasteiger partial charge < -0.3 is 4.42 Å². The number of hydrogen-bond acceptors (Lipinski definition) is 3. The Morgan fingerprint density at radius 3 is 2.75 bits per heavy atom. The van der Waals surface area contributed by atoms with Crippen molar-refractivity contribution in [2.45, 2.75) is 26.2 Å². The number of amides is 1. The van der Waals surface area contributed by atoms with Gasteiger partial charge in [0.1, 0.15) is 17.3 Å². The second-order valence-corrected chi connectivity index (χ2v) is 5.57. The molecule has 0 aliphatic rings. The maximum absolute atomic E-state index is 12.1. The lowest BCUT2D eigenvalue weighted by molar-refractivity contribution is -0.118. The van der Waals surface area contributed by atoms with Gasteiger partial charge in [0, 0.05) is 30.6 Å². The first-order valence-corrected chi connectivity index (χ1v) is 7.29. The number of aromatic nitrogens is 1. The standard InChI is InChI=1S/C15H17BrN2O2/c1-11-6-8-13(20-11)4-3-5-15(19)18(2)14-9-7-12(16)10-17-14/h6-10H,3-5H2,1-2H3. The Morgan fingerprint density at radius 2 is 2.15 bits per heavy atom. The summed E-state index contributed by atoms with van der Waals surface area (Å²) in [5.74, 6) is 2.55. The van der Waals surface area contributed by atoms with E-state index in [0.717, 1.165) is 28.8 Å². The number of halogens is 1. The number of carbonyl (C=O) groups is 1. The van der Waals surface area contributed by atoms with Gasteiger partial charge in [-0.3, -0.25) is 9.69 Å². The highest BCUT2D eigenvalue weighted by molar-refractivity contribution is 9.10. The largest absolute Gasteiger partial charge is 0.466 e. The smallest absolute Gasteiger partial charge is 0.227 e. The van der Waals surface area contributed by atoms with Crippen LogP contribution < -0.4 is 4.90 Å². The Morgan fingerprint density at radius 1 is 1.35 bits per heavy atom. The summed E-state index contributed by atoms with van der Waals surface area (Å²) in [6, 6.07) is 7.59. The minimum Gasteiger partial charge on any atom is -0.466 e. The summed E-state index contributed by atoms with van der Waals surface area (Å²) < 4.78 is 6.38. The molecule has 4 nitrogen and oxygen atoms in total. The van der Waals surface area contributed by atoms with Crippen LogP contribution in [0.3, 0.4) is 0 Å². The molecule has 0 saturated carbocycles. The van der Waals surface area contributed by atoms with Crippen molar-refractivity contribution >= 4 is 27.7 Å². The first kappa shape index (κ1) is 14.8. The molecule has 2 heterocycles. The average molecular weight is 337 g/mol. The molecule has 0 saturated heterocycles. The van der Waals surface area contributed by atoms with Crippen LogP contribution >= 0.6 is 15.9 Å². The van der Waals surface area contributed by atoms with Crippen molar-refractivity contribution in [2.75, 3.05) is 11.9 Å². The van der Waals surface area contributed by atoms with Crippen molar-refractivity contribution in [3.63, 3.8) is 0 Å². The van der Waals surface area contributed by atoms with Crippen LogP contribution in [0.4, 0.5) is 5.82 Å². The van der Waals surface area contributed by atoms with Gasteiger partial charge in [-0.1, -0.05) is 0 Å². The zero-order chi connectivity index (χ0) is 14.5. The molecule has 0 unspecified atom stereocenters. The molecule has 0 aliphatic carbocycles. The van der Waals surface area contributed by atoms with E-state index in [-0.39, 0.29) is 5.91 Å². The first-order valence-electron chi connectivity index (χ1n) is 6.49. The Labute approximate surface area is 126 Å². The van der Waals surface area contributed by atoms with E-state index < -0.39 is 0 Å². The van der Waals surface area contributed by atoms with E-state index in [2.05, 4.69) is 20.9 Å². The van der Waals surface area contributed by atoms with Gasteiger partial charge in [-0.25, -0.2) is 4.98 Å². The fourth-order valence-corrected chi connectivity index (χ4v) is 2.13. The summed E-state index contributed by atoms with van der Waals surface area (Å²) in [6.45, 7) is 1.92. The zero-order valence-electron chi connectivity index (χ0n) is 11.6. The van der Waals surface area contributed by atoms with Gasteiger partial charge in [-0.15, -0.1) is 0 Å². The van der Waals surface area contributed by atoms with Crippen LogP contribution in [0.5, 0.6) is 0 Å². The number of anilines is 1. The second kappa shape index (κ2) is 6.70. The number of furan rings is 1. The zero-order valence-corrected chi connectivity index (χ0v) is 13.2. The second-order valence-electron chi connectivity index (χ2n) is 4.65. The predicted molar refractivity (Wildman–Crippen MR) is 81.7 cm³/mol. The summed E-state index contributed by atoms with van der Waals surface area (Å²) in [5, 5.41) is 0. The van der Waals surface area contributed by atoms with Crippen LogP contribution in [0.2, 0.25) is 0 Å². The minimum atomic E-state index is 0.0584. The molecule has 0 spiro atoms. The molecule has 2 aromatic rings. The van der Waals surface area contributed by atoms with Gasteiger partial charge in [0.25, 0.3) is 0 Å². The molecule has 0 bridgehead atoms. The van der Waals surface area contributed by atoms with Crippen LogP contribution in [0.25, 0.3) is 0 Å². The van der Waals surface area contributed by atoms with Gasteiger partial charge >= 0.3 is 0 Å². The van der Waals surface area contributed by atoms with E-state index in [1.54, 1.807) is 18.1 Å². The summed E-state index contributed by atoms with van der Waals surface area (Å²) in [4.78, 5) is 17.9. The summed E-state index contributed by atoms with van der Waals surface area (Å²) in [7, 11) is 1.75. The summed E-state index contributed by atoms with van der Waals surface area (Å²) in [6.07, 6.45) is 3.71. The van der Waals surface area contributed by atoms with E-state index in [9.17, 15) is 4.79 Å². The molecule has 0 aliphatic heterocycles. The first-order chi connectivity index (χ1) is 9.56. The molecule has 5 heteroatoms. The fraction of sp³-hybridized carbons (Fsp3) is 0.333. The molecule has 0 N–H and O–H groups in total. The molecule has 2 aromatic heterocycles. The van der Waals surface area contributed by atoms with Crippen LogP contribution in [0.15, 0.2) is 39.4 Å². The SMILES string of the molecule is Cc1ccc(CCCC(=O)N(C)c2ccc(Br)cn2)o1. The van der Waals surface area contributed by atoms with Gasteiger partial charge in [0.05, 0.1) is 0 Å². The Kier molecular flexibility index (Phi) is 4.95. The molecular formula is C15H17BrN2O2. The number of rotatable bonds is 5. The lowest BCUT2D eigenvalue weighted by atomic mass is 10.2. The highest BCUT2D eigenvalue weighted by Gasteiger charge is 2.12. The molecule has 2 rings (SSSR count). The molecule has 0 aromatic carbocycles. The normalized spacial score (nSPS) is 10.6. The average Bonchev–Trinajstić information content (AvgIpc) is 2.84. The van der Waals surface area contributed by atoms with E-state index in [1.165, 1.54) is 0 Å². The molecule has 1 amide bonds. The maximum atomic E-state index is 12.1. The van der Waals surface area contributed by atoms with Crippen LogP contribution in [-0.4, -0.2) is 17.9 Å². The summed E-state index contributed by atoms with van der Waals surface area (Å²) in [5.41, 5.74) is 0. The van der Waals surface area contributed by atoms with Gasteiger partial charge in [0.2, 0.25) is 5.91 Å². The molecular weight excluding hydrogens is 320 g/mol. The molecule has 0 fully saturated rings. The van der Waals surface area contributed by atoms with Crippen molar-refractivity contribution in [2.24, 2.45) is 0 Å². The number of pyridine rings is 1. The number of carbonyl (C=O) groups excluding carboxylic acids is 1. The van der Waals surface area contributed by atoms with Gasteiger partial charge in [-0.05, 0) is 53.5 Å². The topological polar surface area (TPSA) is 46.3 Å². The van der Waals surface area contributed by atoms with Crippen LogP contribution in [0.1, 0.15) is 24.4 Å². The number of aryl methyl sites for hydroxylation is 2. The number of nitrogens with zero attached hydrogens (tertiary/aromatic N) is 2. The predicted octanol–water partition coefficient (Wildman–Crippen LogP) is 3.73. The fourth-order valence-electron chi connectivity index (χ4n) is 1.90.